The van der Waals surface area contributed by atoms with Crippen molar-refractivity contribution in [2.45, 2.75) is 0 Å². The van der Waals surface area contributed by atoms with E-state index in [9.17, 15) is 4.91 Å². The highest BCUT2D eigenvalue weighted by Gasteiger charge is 2.18. The maximum absolute atomic E-state index is 12.7. The molecule has 4 aromatic rings. The molecule has 0 heterocycles. The standard InChI is InChI=1S/C20H15N2O/c23-22(20-14-6-10-16-8-2-4-12-18(16)20)21-19-13-5-9-15-7-1-3-11-17(15)19/h1-14H,(H,21,23)/q+1. The van der Waals surface area contributed by atoms with Crippen LogP contribution < -0.4 is 5.43 Å². The first-order chi connectivity index (χ1) is 11.3. The summed E-state index contributed by atoms with van der Waals surface area (Å²) in [4.78, 5) is 13.5. The van der Waals surface area contributed by atoms with Crippen molar-refractivity contribution in [2.75, 3.05) is 5.43 Å². The van der Waals surface area contributed by atoms with Gasteiger partial charge in [0.05, 0.1) is 10.3 Å². The lowest BCUT2D eigenvalue weighted by Gasteiger charge is -2.04. The molecule has 3 nitrogen and oxygen atoms in total. The Hall–Kier alpha value is -3.20. The number of hydrazine groups is 1. The van der Waals surface area contributed by atoms with Crippen molar-refractivity contribution in [3.05, 3.63) is 89.8 Å². The molecule has 0 unspecified atom stereocenters. The molecule has 0 radical (unpaired) electrons. The van der Waals surface area contributed by atoms with Crippen LogP contribution in [0, 0.1) is 4.91 Å². The van der Waals surface area contributed by atoms with Gasteiger partial charge in [-0.2, -0.15) is 0 Å². The summed E-state index contributed by atoms with van der Waals surface area (Å²) in [6, 6.07) is 27.5. The van der Waals surface area contributed by atoms with Gasteiger partial charge in [-0.1, -0.05) is 66.7 Å². The van der Waals surface area contributed by atoms with Crippen LogP contribution in [0.3, 0.4) is 0 Å². The molecule has 110 valence electrons. The Morgan fingerprint density at radius 1 is 0.609 bits per heavy atom. The Morgan fingerprint density at radius 2 is 1.17 bits per heavy atom. The number of hydrogen-bond donors (Lipinski definition) is 1. The van der Waals surface area contributed by atoms with Crippen LogP contribution in [0.1, 0.15) is 0 Å². The smallest absolute Gasteiger partial charge is 0.114 e. The number of fused-ring (bicyclic) bond motifs is 2. The highest BCUT2D eigenvalue weighted by Crippen LogP contribution is 2.28. The molecule has 0 fully saturated rings. The van der Waals surface area contributed by atoms with Gasteiger partial charge >= 0.3 is 0 Å². The van der Waals surface area contributed by atoms with E-state index in [1.165, 1.54) is 0 Å². The molecule has 0 aromatic heterocycles. The first kappa shape index (κ1) is 13.5. The van der Waals surface area contributed by atoms with Gasteiger partial charge in [-0.15, -0.1) is 5.43 Å². The Labute approximate surface area is 133 Å². The van der Waals surface area contributed by atoms with Crippen LogP contribution in [0.25, 0.3) is 21.5 Å². The largest absolute Gasteiger partial charge is 0.300 e. The zero-order valence-corrected chi connectivity index (χ0v) is 12.4. The van der Waals surface area contributed by atoms with Crippen molar-refractivity contribution in [1.82, 2.24) is 0 Å². The normalized spacial score (nSPS) is 10.8. The SMILES string of the molecule is O=[N+](Nc1cccc2ccccc12)c1cccc2ccccc12. The third kappa shape index (κ3) is 2.42. The minimum Gasteiger partial charge on any atom is -0.114 e. The molecule has 4 rings (SSSR count). The lowest BCUT2D eigenvalue weighted by molar-refractivity contribution is -0.426. The molecule has 0 spiro atoms. The van der Waals surface area contributed by atoms with Gasteiger partial charge in [0.1, 0.15) is 5.69 Å². The van der Waals surface area contributed by atoms with Crippen molar-refractivity contribution in [3.8, 4) is 0 Å². The molecule has 3 heteroatoms. The number of hydrogen-bond acceptors (Lipinski definition) is 1. The molecule has 0 aliphatic rings. The van der Waals surface area contributed by atoms with Crippen LogP contribution in [0.4, 0.5) is 11.4 Å². The summed E-state index contributed by atoms with van der Waals surface area (Å²) < 4.78 is 0. The number of anilines is 1. The number of nitrogens with zero attached hydrogens (tertiary/aromatic N) is 1. The molecule has 0 aliphatic heterocycles. The third-order valence-corrected chi connectivity index (χ3v) is 4.00. The number of nitrogens with one attached hydrogen (secondary N) is 1. The summed E-state index contributed by atoms with van der Waals surface area (Å²) in [6.45, 7) is 0. The second-order valence-corrected chi connectivity index (χ2v) is 5.43. The van der Waals surface area contributed by atoms with Crippen LogP contribution in [0.5, 0.6) is 0 Å². The molecule has 0 atom stereocenters. The average molecular weight is 299 g/mol. The second-order valence-electron chi connectivity index (χ2n) is 5.43. The van der Waals surface area contributed by atoms with Gasteiger partial charge in [-0.25, -0.2) is 0 Å². The Bertz CT molecular complexity index is 1010. The first-order valence-electron chi connectivity index (χ1n) is 7.52. The van der Waals surface area contributed by atoms with E-state index >= 15 is 0 Å². The van der Waals surface area contributed by atoms with Crippen molar-refractivity contribution in [1.29, 1.82) is 0 Å². The van der Waals surface area contributed by atoms with E-state index in [4.69, 9.17) is 0 Å². The van der Waals surface area contributed by atoms with E-state index < -0.39 is 0 Å². The molecule has 0 bridgehead atoms. The molecule has 0 saturated heterocycles. The Kier molecular flexibility index (Phi) is 3.24. The number of nitroso groups, excluding NO2 is 1. The van der Waals surface area contributed by atoms with Crippen molar-refractivity contribution in [2.24, 2.45) is 0 Å². The van der Waals surface area contributed by atoms with E-state index in [0.717, 1.165) is 32.1 Å². The predicted octanol–water partition coefficient (Wildman–Crippen LogP) is 5.43. The minimum absolute atomic E-state index is 0.607. The molecular weight excluding hydrogens is 284 g/mol. The fourth-order valence-electron chi connectivity index (χ4n) is 2.88. The first-order valence-corrected chi connectivity index (χ1v) is 7.52. The van der Waals surface area contributed by atoms with Crippen molar-refractivity contribution < 1.29 is 4.87 Å². The van der Waals surface area contributed by atoms with Gasteiger partial charge < -0.3 is 0 Å². The summed E-state index contributed by atoms with van der Waals surface area (Å²) in [5.74, 6) is 0. The fourth-order valence-corrected chi connectivity index (χ4v) is 2.88. The van der Waals surface area contributed by atoms with E-state index in [0.29, 0.717) is 5.69 Å². The average Bonchev–Trinajstić information content (AvgIpc) is 2.61. The highest BCUT2D eigenvalue weighted by molar-refractivity contribution is 5.94. The highest BCUT2D eigenvalue weighted by atomic mass is 16.3. The van der Waals surface area contributed by atoms with Gasteiger partial charge in [0.25, 0.3) is 5.69 Å². The Balaban J connectivity index is 1.77. The summed E-state index contributed by atoms with van der Waals surface area (Å²) in [6.07, 6.45) is 0. The topological polar surface area (TPSA) is 32.1 Å². The summed E-state index contributed by atoms with van der Waals surface area (Å²) in [5.41, 5.74) is 4.38. The zero-order chi connectivity index (χ0) is 15.6. The molecular formula is C20H15N2O+. The van der Waals surface area contributed by atoms with Crippen LogP contribution in [-0.4, -0.2) is 4.87 Å². The van der Waals surface area contributed by atoms with E-state index in [1.807, 2.05) is 84.9 Å². The van der Waals surface area contributed by atoms with Crippen LogP contribution in [0.15, 0.2) is 84.9 Å². The Morgan fingerprint density at radius 3 is 1.96 bits per heavy atom. The zero-order valence-electron chi connectivity index (χ0n) is 12.4. The maximum Gasteiger partial charge on any atom is 0.300 e. The van der Waals surface area contributed by atoms with Gasteiger partial charge in [0.15, 0.2) is 4.87 Å². The van der Waals surface area contributed by atoms with Crippen LogP contribution in [0.2, 0.25) is 0 Å². The molecule has 0 saturated carbocycles. The molecule has 4 aromatic carbocycles. The fraction of sp³-hybridized carbons (Fsp3) is 0. The second kappa shape index (κ2) is 5.54. The van der Waals surface area contributed by atoms with Crippen LogP contribution >= 0.6 is 0 Å². The van der Waals surface area contributed by atoms with Crippen LogP contribution in [-0.2, 0) is 0 Å². The lowest BCUT2D eigenvalue weighted by atomic mass is 10.1. The van der Waals surface area contributed by atoms with E-state index in [-0.39, 0.29) is 0 Å². The van der Waals surface area contributed by atoms with Crippen molar-refractivity contribution in [3.63, 3.8) is 0 Å². The minimum atomic E-state index is 0.607. The molecule has 1 N–H and O–H groups in total. The monoisotopic (exact) mass is 299 g/mol. The van der Waals surface area contributed by atoms with Crippen molar-refractivity contribution >= 4 is 32.9 Å². The van der Waals surface area contributed by atoms with Gasteiger partial charge in [-0.3, -0.25) is 0 Å². The summed E-state index contributed by atoms with van der Waals surface area (Å²) in [5, 5.41) is 4.10. The summed E-state index contributed by atoms with van der Waals surface area (Å²) in [7, 11) is 0. The van der Waals surface area contributed by atoms with Gasteiger partial charge in [0, 0.05) is 11.5 Å². The maximum atomic E-state index is 12.7. The predicted molar refractivity (Wildman–Crippen MR) is 94.8 cm³/mol. The molecule has 0 aliphatic carbocycles. The summed E-state index contributed by atoms with van der Waals surface area (Å²) >= 11 is 0. The number of rotatable bonds is 3. The molecule has 0 amide bonds. The van der Waals surface area contributed by atoms with Gasteiger partial charge in [-0.05, 0) is 22.9 Å². The van der Waals surface area contributed by atoms with E-state index in [2.05, 4.69) is 5.43 Å². The van der Waals surface area contributed by atoms with Gasteiger partial charge in [0.2, 0.25) is 0 Å². The molecule has 23 heavy (non-hydrogen) atoms. The number of benzene rings is 4. The quantitative estimate of drug-likeness (QED) is 0.404. The van der Waals surface area contributed by atoms with E-state index in [1.54, 1.807) is 0 Å². The lowest BCUT2D eigenvalue weighted by Crippen LogP contribution is -2.10. The third-order valence-electron chi connectivity index (χ3n) is 4.00.